The average molecular weight is 516 g/mol. The van der Waals surface area contributed by atoms with Crippen LogP contribution in [0.1, 0.15) is 21.5 Å². The van der Waals surface area contributed by atoms with Crippen molar-refractivity contribution in [2.75, 3.05) is 35.6 Å². The third-order valence-electron chi connectivity index (χ3n) is 6.23. The number of carboxylic acid groups (broad SMARTS) is 1. The second-order valence-electron chi connectivity index (χ2n) is 8.95. The van der Waals surface area contributed by atoms with E-state index >= 15 is 0 Å². The molecule has 0 aliphatic carbocycles. The number of hydrogen-bond donors (Lipinski definition) is 5. The summed E-state index contributed by atoms with van der Waals surface area (Å²) in [6, 6.07) is 19.2. The number of anilines is 3. The van der Waals surface area contributed by atoms with Crippen LogP contribution in [0.5, 0.6) is 0 Å². The minimum atomic E-state index is -1.05. The van der Waals surface area contributed by atoms with Crippen molar-refractivity contribution in [3.8, 4) is 0 Å². The molecule has 10 heteroatoms. The molecule has 0 radical (unpaired) electrons. The van der Waals surface area contributed by atoms with Gasteiger partial charge >= 0.3 is 12.0 Å². The largest absolute Gasteiger partial charge is 0.478 e. The molecule has 1 aliphatic rings. The Bertz CT molecular complexity index is 1320. The zero-order chi connectivity index (χ0) is 27.1. The topological polar surface area (TPSA) is 140 Å². The number of nitrogens with one attached hydrogen (secondary N) is 4. The number of rotatable bonds is 7. The zero-order valence-corrected chi connectivity index (χ0v) is 20.9. The summed E-state index contributed by atoms with van der Waals surface area (Å²) in [6.45, 7) is 3.17. The minimum Gasteiger partial charge on any atom is -0.478 e. The van der Waals surface area contributed by atoms with Crippen LogP contribution in [-0.4, -0.2) is 59.5 Å². The maximum atomic E-state index is 13.1. The summed E-state index contributed by atoms with van der Waals surface area (Å²) in [5.74, 6) is -1.59. The number of urea groups is 1. The van der Waals surface area contributed by atoms with Gasteiger partial charge in [0.15, 0.2) is 0 Å². The number of piperazine rings is 1. The molecule has 4 rings (SSSR count). The van der Waals surface area contributed by atoms with E-state index in [1.807, 2.05) is 31.2 Å². The predicted molar refractivity (Wildman–Crippen MR) is 144 cm³/mol. The molecule has 5 N–H and O–H groups in total. The molecule has 1 fully saturated rings. The Labute approximate surface area is 220 Å². The van der Waals surface area contributed by atoms with Crippen LogP contribution >= 0.6 is 0 Å². The third-order valence-corrected chi connectivity index (χ3v) is 6.23. The Hall–Kier alpha value is -4.70. The van der Waals surface area contributed by atoms with Gasteiger partial charge in [-0.25, -0.2) is 9.59 Å². The van der Waals surface area contributed by atoms with Crippen molar-refractivity contribution in [1.82, 2.24) is 10.2 Å². The Balaban J connectivity index is 1.34. The molecule has 1 saturated heterocycles. The summed E-state index contributed by atoms with van der Waals surface area (Å²) in [5.41, 5.74) is 3.58. The lowest BCUT2D eigenvalue weighted by molar-refractivity contribution is -0.139. The van der Waals surface area contributed by atoms with Gasteiger partial charge in [0.2, 0.25) is 11.8 Å². The minimum absolute atomic E-state index is 0.104. The molecule has 196 valence electrons. The van der Waals surface area contributed by atoms with Crippen molar-refractivity contribution in [2.45, 2.75) is 19.4 Å². The lowest BCUT2D eigenvalue weighted by atomic mass is 10.1. The number of carbonyl (C=O) groups excluding carboxylic acids is 3. The molecule has 1 unspecified atom stereocenters. The molecule has 0 saturated carbocycles. The van der Waals surface area contributed by atoms with Crippen molar-refractivity contribution in [2.24, 2.45) is 0 Å². The lowest BCUT2D eigenvalue weighted by Gasteiger charge is -2.35. The van der Waals surface area contributed by atoms with Crippen LogP contribution in [0, 0.1) is 6.92 Å². The first-order chi connectivity index (χ1) is 18.3. The molecule has 38 heavy (non-hydrogen) atoms. The van der Waals surface area contributed by atoms with E-state index in [-0.39, 0.29) is 29.8 Å². The summed E-state index contributed by atoms with van der Waals surface area (Å²) in [4.78, 5) is 51.0. The van der Waals surface area contributed by atoms with Crippen LogP contribution in [0.4, 0.5) is 21.9 Å². The van der Waals surface area contributed by atoms with E-state index in [2.05, 4.69) is 21.3 Å². The molecule has 0 spiro atoms. The Morgan fingerprint density at radius 3 is 2.24 bits per heavy atom. The van der Waals surface area contributed by atoms with Gasteiger partial charge < -0.3 is 31.3 Å². The Morgan fingerprint density at radius 2 is 1.55 bits per heavy atom. The quantitative estimate of drug-likeness (QED) is 0.327. The van der Waals surface area contributed by atoms with Crippen LogP contribution in [0.2, 0.25) is 0 Å². The molecule has 0 bridgehead atoms. The number of carboxylic acids is 1. The maximum Gasteiger partial charge on any atom is 0.335 e. The summed E-state index contributed by atoms with van der Waals surface area (Å²) >= 11 is 0. The molecule has 3 aromatic carbocycles. The van der Waals surface area contributed by atoms with E-state index < -0.39 is 12.0 Å². The molecule has 1 atom stereocenters. The van der Waals surface area contributed by atoms with Gasteiger partial charge in [0.25, 0.3) is 0 Å². The normalized spacial score (nSPS) is 14.9. The molecule has 4 amide bonds. The molecular formula is C28H29N5O5. The van der Waals surface area contributed by atoms with Crippen molar-refractivity contribution in [1.29, 1.82) is 0 Å². The van der Waals surface area contributed by atoms with E-state index in [9.17, 15) is 19.2 Å². The van der Waals surface area contributed by atoms with Gasteiger partial charge in [0, 0.05) is 36.7 Å². The number of nitrogens with zero attached hydrogens (tertiary/aromatic N) is 1. The Kier molecular flexibility index (Phi) is 8.34. The van der Waals surface area contributed by atoms with Crippen LogP contribution in [-0.2, 0) is 16.0 Å². The SMILES string of the molecule is Cc1ccccc1NC(=O)Nc1ccc(CC(=O)N2CCNCC2C(=O)Nc2ccc(C(=O)O)cc2)cc1. The number of benzene rings is 3. The maximum absolute atomic E-state index is 13.1. The summed E-state index contributed by atoms with van der Waals surface area (Å²) in [7, 11) is 0. The Morgan fingerprint density at radius 1 is 0.895 bits per heavy atom. The van der Waals surface area contributed by atoms with Crippen molar-refractivity contribution in [3.63, 3.8) is 0 Å². The second-order valence-corrected chi connectivity index (χ2v) is 8.95. The lowest BCUT2D eigenvalue weighted by Crippen LogP contribution is -2.58. The average Bonchev–Trinajstić information content (AvgIpc) is 2.91. The van der Waals surface area contributed by atoms with Gasteiger partial charge in [0.1, 0.15) is 6.04 Å². The van der Waals surface area contributed by atoms with Crippen molar-refractivity contribution >= 4 is 40.9 Å². The number of aromatic carboxylic acids is 1. The molecule has 3 aromatic rings. The van der Waals surface area contributed by atoms with E-state index in [1.165, 1.54) is 24.3 Å². The van der Waals surface area contributed by atoms with Gasteiger partial charge in [-0.3, -0.25) is 9.59 Å². The van der Waals surface area contributed by atoms with Crippen LogP contribution in [0.3, 0.4) is 0 Å². The van der Waals surface area contributed by atoms with Crippen molar-refractivity contribution in [3.05, 3.63) is 89.5 Å². The van der Waals surface area contributed by atoms with Crippen LogP contribution in [0.25, 0.3) is 0 Å². The van der Waals surface area contributed by atoms with E-state index in [0.29, 0.717) is 31.0 Å². The summed E-state index contributed by atoms with van der Waals surface area (Å²) < 4.78 is 0. The third kappa shape index (κ3) is 6.74. The highest BCUT2D eigenvalue weighted by Gasteiger charge is 2.32. The fourth-order valence-electron chi connectivity index (χ4n) is 4.14. The number of aryl methyl sites for hydroxylation is 1. The summed E-state index contributed by atoms with van der Waals surface area (Å²) in [6.07, 6.45) is 0.104. The molecule has 0 aromatic heterocycles. The first-order valence-electron chi connectivity index (χ1n) is 12.2. The molecular weight excluding hydrogens is 486 g/mol. The predicted octanol–water partition coefficient (Wildman–Crippen LogP) is 3.32. The fraction of sp³-hybridized carbons (Fsp3) is 0.214. The standard InChI is InChI=1S/C28H29N5O5/c1-18-4-2-3-5-23(18)32-28(38)31-22-10-6-19(7-11-22)16-25(34)33-15-14-29-17-24(33)26(35)30-21-12-8-20(9-13-21)27(36)37/h2-13,24,29H,14-17H2,1H3,(H,30,35)(H,36,37)(H2,31,32,38). The number of hydrogen-bond acceptors (Lipinski definition) is 5. The monoisotopic (exact) mass is 515 g/mol. The number of para-hydroxylation sites is 1. The molecule has 1 aliphatic heterocycles. The highest BCUT2D eigenvalue weighted by molar-refractivity contribution is 6.00. The van der Waals surface area contributed by atoms with E-state index in [4.69, 9.17) is 5.11 Å². The van der Waals surface area contributed by atoms with Crippen molar-refractivity contribution < 1.29 is 24.3 Å². The smallest absolute Gasteiger partial charge is 0.335 e. The second kappa shape index (κ2) is 12.0. The first kappa shape index (κ1) is 26.4. The highest BCUT2D eigenvalue weighted by Crippen LogP contribution is 2.17. The fourth-order valence-corrected chi connectivity index (χ4v) is 4.14. The highest BCUT2D eigenvalue weighted by atomic mass is 16.4. The van der Waals surface area contributed by atoms with E-state index in [1.54, 1.807) is 29.2 Å². The number of amides is 4. The summed E-state index contributed by atoms with van der Waals surface area (Å²) in [5, 5.41) is 20.5. The van der Waals surface area contributed by atoms with Crippen LogP contribution in [0.15, 0.2) is 72.8 Å². The molecule has 10 nitrogen and oxygen atoms in total. The van der Waals surface area contributed by atoms with Gasteiger partial charge in [-0.1, -0.05) is 30.3 Å². The van der Waals surface area contributed by atoms with Gasteiger partial charge in [-0.05, 0) is 60.5 Å². The molecule has 1 heterocycles. The first-order valence-corrected chi connectivity index (χ1v) is 12.2. The number of carbonyl (C=O) groups is 4. The van der Waals surface area contributed by atoms with Crippen LogP contribution < -0.4 is 21.3 Å². The van der Waals surface area contributed by atoms with Gasteiger partial charge in [-0.2, -0.15) is 0 Å². The zero-order valence-electron chi connectivity index (χ0n) is 20.9. The van der Waals surface area contributed by atoms with Gasteiger partial charge in [-0.15, -0.1) is 0 Å². The van der Waals surface area contributed by atoms with E-state index in [0.717, 1.165) is 16.8 Å². The van der Waals surface area contributed by atoms with Gasteiger partial charge in [0.05, 0.1) is 12.0 Å².